The maximum Gasteiger partial charge on any atom is 0.307 e. The van der Waals surface area contributed by atoms with Crippen molar-refractivity contribution in [1.29, 1.82) is 0 Å². The maximum absolute atomic E-state index is 13.1. The van der Waals surface area contributed by atoms with Crippen molar-refractivity contribution in [3.63, 3.8) is 0 Å². The van der Waals surface area contributed by atoms with E-state index >= 15 is 0 Å². The monoisotopic (exact) mass is 594 g/mol. The molecule has 2 amide bonds. The van der Waals surface area contributed by atoms with Gasteiger partial charge in [-0.3, -0.25) is 14.4 Å². The summed E-state index contributed by atoms with van der Waals surface area (Å²) in [7, 11) is 0. The minimum Gasteiger partial charge on any atom is -0.460 e. The number of hydrogen-bond donors (Lipinski definition) is 2. The molecule has 0 aromatic heterocycles. The van der Waals surface area contributed by atoms with E-state index < -0.39 is 17.3 Å². The first-order valence-corrected chi connectivity index (χ1v) is 17.1. The first-order chi connectivity index (χ1) is 20.0. The number of ether oxygens (including phenoxy) is 3. The molecule has 0 bridgehead atoms. The zero-order valence-electron chi connectivity index (χ0n) is 27.7. The molecule has 1 heterocycles. The van der Waals surface area contributed by atoms with Gasteiger partial charge in [0.25, 0.3) is 0 Å². The van der Waals surface area contributed by atoms with Gasteiger partial charge in [-0.2, -0.15) is 0 Å². The van der Waals surface area contributed by atoms with Gasteiger partial charge in [0.05, 0.1) is 19.1 Å². The van der Waals surface area contributed by atoms with Gasteiger partial charge in [-0.15, -0.1) is 0 Å². The number of esters is 1. The molecule has 42 heavy (non-hydrogen) atoms. The second kappa shape index (κ2) is 18.9. The fourth-order valence-electron chi connectivity index (χ4n) is 6.03. The molecule has 1 aliphatic heterocycles. The van der Waals surface area contributed by atoms with Gasteiger partial charge >= 0.3 is 5.97 Å². The molecule has 1 saturated heterocycles. The third kappa shape index (κ3) is 13.3. The number of rotatable bonds is 19. The van der Waals surface area contributed by atoms with Crippen molar-refractivity contribution < 1.29 is 28.6 Å². The maximum atomic E-state index is 13.1. The highest BCUT2D eigenvalue weighted by Crippen LogP contribution is 2.35. The average molecular weight is 595 g/mol. The Morgan fingerprint density at radius 2 is 1.50 bits per heavy atom. The first kappa shape index (κ1) is 36.5. The molecule has 2 aliphatic rings. The quantitative estimate of drug-likeness (QED) is 0.124. The minimum atomic E-state index is -0.832. The van der Waals surface area contributed by atoms with Gasteiger partial charge in [0.2, 0.25) is 11.8 Å². The van der Waals surface area contributed by atoms with E-state index in [1.54, 1.807) is 13.8 Å². The SMILES string of the molecule is CCCCCCCCCCCCC(CC)C(=O)NC1CCCCC1OC(=O)CCNC(=O)C1OC(C)(C)OCC1(C)C. The third-order valence-electron chi connectivity index (χ3n) is 8.85. The number of carbonyl (C=O) groups excluding carboxylic acids is 3. The predicted molar refractivity (Wildman–Crippen MR) is 167 cm³/mol. The van der Waals surface area contributed by atoms with Crippen LogP contribution in [-0.2, 0) is 28.6 Å². The number of hydrogen-bond acceptors (Lipinski definition) is 6. The van der Waals surface area contributed by atoms with E-state index in [0.29, 0.717) is 6.61 Å². The fraction of sp³-hybridized carbons (Fsp3) is 0.912. The molecule has 2 N–H and O–H groups in total. The smallest absolute Gasteiger partial charge is 0.307 e. The molecule has 0 radical (unpaired) electrons. The highest BCUT2D eigenvalue weighted by molar-refractivity contribution is 5.82. The summed E-state index contributed by atoms with van der Waals surface area (Å²) in [5.41, 5.74) is -0.475. The molecule has 244 valence electrons. The van der Waals surface area contributed by atoms with Crippen LogP contribution in [0.1, 0.15) is 151 Å². The number of amides is 2. The lowest BCUT2D eigenvalue weighted by Crippen LogP contribution is -2.56. The number of carbonyl (C=O) groups is 3. The van der Waals surface area contributed by atoms with E-state index in [1.165, 1.54) is 57.8 Å². The van der Waals surface area contributed by atoms with Crippen LogP contribution in [0, 0.1) is 11.3 Å². The van der Waals surface area contributed by atoms with Crippen molar-refractivity contribution in [3.8, 4) is 0 Å². The lowest BCUT2D eigenvalue weighted by Gasteiger charge is -2.44. The molecule has 4 atom stereocenters. The average Bonchev–Trinajstić information content (AvgIpc) is 2.94. The predicted octanol–water partition coefficient (Wildman–Crippen LogP) is 6.98. The molecule has 1 saturated carbocycles. The van der Waals surface area contributed by atoms with Crippen molar-refractivity contribution >= 4 is 17.8 Å². The normalized spacial score (nSPS) is 24.0. The van der Waals surface area contributed by atoms with Crippen molar-refractivity contribution in [1.82, 2.24) is 10.6 Å². The second-order valence-corrected chi connectivity index (χ2v) is 13.7. The van der Waals surface area contributed by atoms with E-state index in [1.807, 2.05) is 13.8 Å². The lowest BCUT2D eigenvalue weighted by molar-refractivity contribution is -0.304. The lowest BCUT2D eigenvalue weighted by atomic mass is 9.85. The van der Waals surface area contributed by atoms with Crippen LogP contribution in [0.25, 0.3) is 0 Å². The summed E-state index contributed by atoms with van der Waals surface area (Å²) in [6, 6.07) is -0.148. The Kier molecular flexibility index (Phi) is 16.4. The number of nitrogens with one attached hydrogen (secondary N) is 2. The van der Waals surface area contributed by atoms with E-state index in [0.717, 1.165) is 44.9 Å². The van der Waals surface area contributed by atoms with E-state index in [2.05, 4.69) is 24.5 Å². The van der Waals surface area contributed by atoms with Gasteiger partial charge in [0.1, 0.15) is 12.2 Å². The Labute approximate surface area is 256 Å². The molecule has 2 fully saturated rings. The molecule has 0 spiro atoms. The van der Waals surface area contributed by atoms with Crippen LogP contribution < -0.4 is 10.6 Å². The standard InChI is InChI=1S/C34H62N2O6/c1-7-9-10-11-12-13-14-15-16-17-20-26(8-2)31(38)36-27-21-18-19-22-28(27)41-29(37)23-24-35-32(39)30-33(3,4)25-40-34(5,6)42-30/h26-28,30H,7-25H2,1-6H3,(H,35,39)(H,36,38). The van der Waals surface area contributed by atoms with Crippen molar-refractivity contribution in [2.24, 2.45) is 11.3 Å². The molecule has 0 aromatic carbocycles. The van der Waals surface area contributed by atoms with Crippen molar-refractivity contribution in [2.45, 2.75) is 175 Å². The summed E-state index contributed by atoms with van der Waals surface area (Å²) in [5, 5.41) is 6.07. The van der Waals surface area contributed by atoms with Gasteiger partial charge < -0.3 is 24.8 Å². The Bertz CT molecular complexity index is 814. The zero-order valence-corrected chi connectivity index (χ0v) is 27.7. The zero-order chi connectivity index (χ0) is 31.0. The topological polar surface area (TPSA) is 103 Å². The Balaban J connectivity index is 1.70. The van der Waals surface area contributed by atoms with Crippen molar-refractivity contribution in [3.05, 3.63) is 0 Å². The van der Waals surface area contributed by atoms with Crippen LogP contribution in [0.15, 0.2) is 0 Å². The molecular formula is C34H62N2O6. The Hall–Kier alpha value is -1.67. The molecule has 4 unspecified atom stereocenters. The van der Waals surface area contributed by atoms with Crippen LogP contribution in [0.4, 0.5) is 0 Å². The van der Waals surface area contributed by atoms with Gasteiger partial charge in [-0.1, -0.05) is 98.3 Å². The molecule has 2 rings (SSSR count). The van der Waals surface area contributed by atoms with Gasteiger partial charge in [-0.25, -0.2) is 0 Å². The summed E-state index contributed by atoms with van der Waals surface area (Å²) in [4.78, 5) is 38.7. The van der Waals surface area contributed by atoms with Crippen LogP contribution in [0.5, 0.6) is 0 Å². The molecule has 0 aromatic rings. The van der Waals surface area contributed by atoms with Crippen LogP contribution in [-0.4, -0.2) is 55.0 Å². The highest BCUT2D eigenvalue weighted by Gasteiger charge is 2.45. The summed E-state index contributed by atoms with van der Waals surface area (Å²) in [5.74, 6) is -1.34. The molecular weight excluding hydrogens is 532 g/mol. The summed E-state index contributed by atoms with van der Waals surface area (Å²) >= 11 is 0. The van der Waals surface area contributed by atoms with E-state index in [-0.39, 0.29) is 48.8 Å². The van der Waals surface area contributed by atoms with Gasteiger partial charge in [-0.05, 0) is 46.0 Å². The Morgan fingerprint density at radius 1 is 0.881 bits per heavy atom. The van der Waals surface area contributed by atoms with Gasteiger partial charge in [0.15, 0.2) is 5.79 Å². The summed E-state index contributed by atoms with van der Waals surface area (Å²) < 4.78 is 17.4. The first-order valence-electron chi connectivity index (χ1n) is 17.1. The fourth-order valence-corrected chi connectivity index (χ4v) is 6.03. The minimum absolute atomic E-state index is 0.00849. The summed E-state index contributed by atoms with van der Waals surface area (Å²) in [6.07, 6.45) is 17.3. The van der Waals surface area contributed by atoms with Crippen LogP contribution in [0.3, 0.4) is 0 Å². The Morgan fingerprint density at radius 3 is 2.14 bits per heavy atom. The molecule has 8 nitrogen and oxygen atoms in total. The summed E-state index contributed by atoms with van der Waals surface area (Å²) in [6.45, 7) is 12.4. The van der Waals surface area contributed by atoms with E-state index in [4.69, 9.17) is 14.2 Å². The number of unbranched alkanes of at least 4 members (excludes halogenated alkanes) is 9. The third-order valence-corrected chi connectivity index (χ3v) is 8.85. The molecule has 8 heteroatoms. The van der Waals surface area contributed by atoms with Gasteiger partial charge in [0, 0.05) is 17.9 Å². The largest absolute Gasteiger partial charge is 0.460 e. The van der Waals surface area contributed by atoms with E-state index in [9.17, 15) is 14.4 Å². The van der Waals surface area contributed by atoms with Crippen LogP contribution >= 0.6 is 0 Å². The molecule has 1 aliphatic carbocycles. The van der Waals surface area contributed by atoms with Crippen LogP contribution in [0.2, 0.25) is 0 Å². The van der Waals surface area contributed by atoms with Crippen molar-refractivity contribution in [2.75, 3.05) is 13.2 Å². The highest BCUT2D eigenvalue weighted by atomic mass is 16.7. The second-order valence-electron chi connectivity index (χ2n) is 13.7.